The van der Waals surface area contributed by atoms with Crippen molar-refractivity contribution in [2.75, 3.05) is 13.1 Å². The van der Waals surface area contributed by atoms with Gasteiger partial charge in [0.25, 0.3) is 0 Å². The lowest BCUT2D eigenvalue weighted by atomic mass is 9.89. The van der Waals surface area contributed by atoms with Gasteiger partial charge in [-0.15, -0.1) is 0 Å². The van der Waals surface area contributed by atoms with E-state index >= 15 is 0 Å². The van der Waals surface area contributed by atoms with E-state index in [1.54, 1.807) is 0 Å². The van der Waals surface area contributed by atoms with Gasteiger partial charge < -0.3 is 10.1 Å². The average Bonchev–Trinajstić information content (AvgIpc) is 2.38. The van der Waals surface area contributed by atoms with E-state index in [-0.39, 0.29) is 5.97 Å². The van der Waals surface area contributed by atoms with Crippen molar-refractivity contribution < 1.29 is 9.53 Å². The smallest absolute Gasteiger partial charge is 0.310 e. The second-order valence-electron chi connectivity index (χ2n) is 6.53. The van der Waals surface area contributed by atoms with E-state index in [2.05, 4.69) is 29.6 Å². The van der Waals surface area contributed by atoms with Gasteiger partial charge in [-0.3, -0.25) is 4.79 Å². The van der Waals surface area contributed by atoms with Crippen molar-refractivity contribution in [1.82, 2.24) is 5.32 Å². The highest BCUT2D eigenvalue weighted by atomic mass is 16.6. The molecule has 0 amide bonds. The first kappa shape index (κ1) is 15.0. The van der Waals surface area contributed by atoms with Crippen LogP contribution in [0.15, 0.2) is 24.3 Å². The molecule has 1 fully saturated rings. The number of rotatable bonds is 3. The van der Waals surface area contributed by atoms with Gasteiger partial charge in [-0.1, -0.05) is 24.3 Å². The molecule has 1 heterocycles. The first-order chi connectivity index (χ1) is 9.44. The molecule has 20 heavy (non-hydrogen) atoms. The molecule has 0 unspecified atom stereocenters. The van der Waals surface area contributed by atoms with Crippen molar-refractivity contribution in [3.05, 3.63) is 35.4 Å². The first-order valence-electron chi connectivity index (χ1n) is 7.45. The standard InChI is InChI=1S/C17H25NO2/c1-17(2,3)20-16(19)12-13-4-6-14(7-5-13)15-8-10-18-11-9-15/h4-7,15,18H,8-12H2,1-3H3. The summed E-state index contributed by atoms with van der Waals surface area (Å²) in [5.74, 6) is 0.499. The predicted molar refractivity (Wildman–Crippen MR) is 80.8 cm³/mol. The molecule has 0 spiro atoms. The van der Waals surface area contributed by atoms with Gasteiger partial charge in [0.05, 0.1) is 6.42 Å². The summed E-state index contributed by atoms with van der Waals surface area (Å²) in [4.78, 5) is 11.8. The number of hydrogen-bond donors (Lipinski definition) is 1. The summed E-state index contributed by atoms with van der Waals surface area (Å²) in [5.41, 5.74) is 2.00. The quantitative estimate of drug-likeness (QED) is 0.862. The van der Waals surface area contributed by atoms with Crippen LogP contribution in [0.5, 0.6) is 0 Å². The molecular weight excluding hydrogens is 250 g/mol. The molecule has 1 aromatic rings. The number of hydrogen-bond acceptors (Lipinski definition) is 3. The maximum absolute atomic E-state index is 11.8. The number of ether oxygens (including phenoxy) is 1. The molecule has 1 N–H and O–H groups in total. The Morgan fingerprint density at radius 2 is 1.80 bits per heavy atom. The summed E-state index contributed by atoms with van der Waals surface area (Å²) in [5, 5.41) is 3.38. The van der Waals surface area contributed by atoms with Crippen molar-refractivity contribution >= 4 is 5.97 Å². The third-order valence-electron chi connectivity index (χ3n) is 3.56. The molecule has 2 rings (SSSR count). The molecule has 3 nitrogen and oxygen atoms in total. The second kappa shape index (κ2) is 6.40. The van der Waals surface area contributed by atoms with Crippen LogP contribution in [0.1, 0.15) is 50.7 Å². The summed E-state index contributed by atoms with van der Waals surface area (Å²) in [7, 11) is 0. The molecule has 3 heteroatoms. The zero-order chi connectivity index (χ0) is 14.6. The minimum atomic E-state index is -0.411. The van der Waals surface area contributed by atoms with Gasteiger partial charge in [-0.25, -0.2) is 0 Å². The number of esters is 1. The molecule has 0 saturated carbocycles. The molecule has 0 aliphatic carbocycles. The second-order valence-corrected chi connectivity index (χ2v) is 6.53. The highest BCUT2D eigenvalue weighted by molar-refractivity contribution is 5.73. The van der Waals surface area contributed by atoms with Crippen molar-refractivity contribution in [1.29, 1.82) is 0 Å². The summed E-state index contributed by atoms with van der Waals surface area (Å²) >= 11 is 0. The molecular formula is C17H25NO2. The van der Waals surface area contributed by atoms with Crippen LogP contribution in [0, 0.1) is 0 Å². The Hall–Kier alpha value is -1.35. The summed E-state index contributed by atoms with van der Waals surface area (Å²) < 4.78 is 5.34. The van der Waals surface area contributed by atoms with Gasteiger partial charge in [0.1, 0.15) is 5.60 Å². The number of piperidine rings is 1. The lowest BCUT2D eigenvalue weighted by Gasteiger charge is -2.23. The average molecular weight is 275 g/mol. The summed E-state index contributed by atoms with van der Waals surface area (Å²) in [6.45, 7) is 7.88. The molecule has 0 bridgehead atoms. The largest absolute Gasteiger partial charge is 0.460 e. The van der Waals surface area contributed by atoms with Crippen LogP contribution >= 0.6 is 0 Å². The van der Waals surface area contributed by atoms with Gasteiger partial charge in [0.15, 0.2) is 0 Å². The zero-order valence-corrected chi connectivity index (χ0v) is 12.7. The fourth-order valence-corrected chi connectivity index (χ4v) is 2.61. The van der Waals surface area contributed by atoms with E-state index in [1.807, 2.05) is 20.8 Å². The Morgan fingerprint density at radius 1 is 1.20 bits per heavy atom. The molecule has 1 saturated heterocycles. The van der Waals surface area contributed by atoms with Crippen LogP contribution in [-0.4, -0.2) is 24.7 Å². The molecule has 0 atom stereocenters. The third kappa shape index (κ3) is 4.64. The minimum absolute atomic E-state index is 0.160. The van der Waals surface area contributed by atoms with Crippen molar-refractivity contribution in [2.24, 2.45) is 0 Å². The van der Waals surface area contributed by atoms with E-state index in [9.17, 15) is 4.79 Å². The van der Waals surface area contributed by atoms with Gasteiger partial charge >= 0.3 is 5.97 Å². The van der Waals surface area contributed by atoms with Gasteiger partial charge in [0.2, 0.25) is 0 Å². The predicted octanol–water partition coefficient (Wildman–Crippen LogP) is 3.04. The van der Waals surface area contributed by atoms with Crippen LogP contribution < -0.4 is 5.32 Å². The van der Waals surface area contributed by atoms with Crippen molar-refractivity contribution in [3.63, 3.8) is 0 Å². The van der Waals surface area contributed by atoms with Crippen LogP contribution in [0.2, 0.25) is 0 Å². The molecule has 0 aromatic heterocycles. The van der Waals surface area contributed by atoms with Gasteiger partial charge in [-0.2, -0.15) is 0 Å². The maximum atomic E-state index is 11.8. The number of carbonyl (C=O) groups excluding carboxylic acids is 1. The van der Waals surface area contributed by atoms with E-state index in [0.29, 0.717) is 12.3 Å². The lowest BCUT2D eigenvalue weighted by molar-refractivity contribution is -0.153. The van der Waals surface area contributed by atoms with Crippen molar-refractivity contribution in [3.8, 4) is 0 Å². The van der Waals surface area contributed by atoms with Crippen LogP contribution in [0.4, 0.5) is 0 Å². The molecule has 110 valence electrons. The Balaban J connectivity index is 1.92. The Labute approximate surface area is 121 Å². The lowest BCUT2D eigenvalue weighted by Crippen LogP contribution is -2.26. The normalized spacial score (nSPS) is 16.9. The molecule has 0 radical (unpaired) electrons. The van der Waals surface area contributed by atoms with Crippen LogP contribution in [-0.2, 0) is 16.0 Å². The first-order valence-corrected chi connectivity index (χ1v) is 7.45. The van der Waals surface area contributed by atoms with E-state index in [0.717, 1.165) is 18.7 Å². The SMILES string of the molecule is CC(C)(C)OC(=O)Cc1ccc(C2CCNCC2)cc1. The number of benzene rings is 1. The van der Waals surface area contributed by atoms with E-state index in [1.165, 1.54) is 18.4 Å². The van der Waals surface area contributed by atoms with E-state index in [4.69, 9.17) is 4.74 Å². The number of carbonyl (C=O) groups is 1. The summed E-state index contributed by atoms with van der Waals surface area (Å²) in [6.07, 6.45) is 2.75. The van der Waals surface area contributed by atoms with Crippen LogP contribution in [0.3, 0.4) is 0 Å². The Bertz CT molecular complexity index is 439. The van der Waals surface area contributed by atoms with E-state index < -0.39 is 5.60 Å². The maximum Gasteiger partial charge on any atom is 0.310 e. The zero-order valence-electron chi connectivity index (χ0n) is 12.7. The number of nitrogens with one attached hydrogen (secondary N) is 1. The van der Waals surface area contributed by atoms with Gasteiger partial charge in [0, 0.05) is 0 Å². The Morgan fingerprint density at radius 3 is 2.35 bits per heavy atom. The van der Waals surface area contributed by atoms with Crippen molar-refractivity contribution in [2.45, 2.75) is 51.6 Å². The summed E-state index contributed by atoms with van der Waals surface area (Å²) in [6, 6.07) is 8.44. The Kier molecular flexibility index (Phi) is 4.81. The van der Waals surface area contributed by atoms with Crippen LogP contribution in [0.25, 0.3) is 0 Å². The minimum Gasteiger partial charge on any atom is -0.460 e. The van der Waals surface area contributed by atoms with Gasteiger partial charge in [-0.05, 0) is 63.7 Å². The third-order valence-corrected chi connectivity index (χ3v) is 3.56. The molecule has 1 aromatic carbocycles. The highest BCUT2D eigenvalue weighted by Gasteiger charge is 2.17. The topological polar surface area (TPSA) is 38.3 Å². The molecule has 1 aliphatic heterocycles. The fraction of sp³-hybridized carbons (Fsp3) is 0.588. The highest BCUT2D eigenvalue weighted by Crippen LogP contribution is 2.25. The molecule has 1 aliphatic rings. The monoisotopic (exact) mass is 275 g/mol. The fourth-order valence-electron chi connectivity index (χ4n) is 2.61.